The molecule has 1 aromatic carbocycles. The number of aromatic nitrogens is 1. The molecule has 2 aromatic heterocycles. The second-order valence-corrected chi connectivity index (χ2v) is 5.64. The Bertz CT molecular complexity index is 1100. The van der Waals surface area contributed by atoms with Crippen LogP contribution >= 0.6 is 0 Å². The number of nitrogens with zero attached hydrogens (tertiary/aromatic N) is 3. The van der Waals surface area contributed by atoms with Crippen molar-refractivity contribution >= 4 is 34.5 Å². The Labute approximate surface area is 160 Å². The second kappa shape index (κ2) is 8.51. The maximum atomic E-state index is 11.9. The Balaban J connectivity index is 1.67. The lowest BCUT2D eigenvalue weighted by molar-refractivity contribution is -0.122. The van der Waals surface area contributed by atoms with Crippen molar-refractivity contribution < 1.29 is 19.1 Å². The average molecular weight is 376 g/mol. The van der Waals surface area contributed by atoms with Gasteiger partial charge in [-0.15, -0.1) is 16.7 Å². The Morgan fingerprint density at radius 1 is 1.29 bits per heavy atom. The van der Waals surface area contributed by atoms with Gasteiger partial charge in [0, 0.05) is 11.5 Å². The van der Waals surface area contributed by atoms with E-state index < -0.39 is 11.8 Å². The van der Waals surface area contributed by atoms with Crippen molar-refractivity contribution in [1.82, 2.24) is 9.88 Å². The van der Waals surface area contributed by atoms with E-state index in [2.05, 4.69) is 21.5 Å². The number of aromatic hydroxyl groups is 1. The molecule has 3 aromatic rings. The smallest absolute Gasteiger partial charge is 0.283 e. The van der Waals surface area contributed by atoms with Gasteiger partial charge in [0.25, 0.3) is 5.91 Å². The first kappa shape index (κ1) is 18.7. The Morgan fingerprint density at radius 3 is 2.86 bits per heavy atom. The molecular formula is C20H16N4O4. The number of terminal acetylenes is 1. The largest absolute Gasteiger partial charge is 0.493 e. The first-order valence-corrected chi connectivity index (χ1v) is 8.28. The molecule has 0 saturated heterocycles. The van der Waals surface area contributed by atoms with Gasteiger partial charge in [-0.05, 0) is 24.3 Å². The highest BCUT2D eigenvalue weighted by Crippen LogP contribution is 2.38. The van der Waals surface area contributed by atoms with Gasteiger partial charge in [-0.1, -0.05) is 24.1 Å². The lowest BCUT2D eigenvalue weighted by atomic mass is 10.2. The van der Waals surface area contributed by atoms with Crippen molar-refractivity contribution in [3.8, 4) is 18.2 Å². The summed E-state index contributed by atoms with van der Waals surface area (Å²) in [5.41, 5.74) is 0.818. The van der Waals surface area contributed by atoms with Crippen LogP contribution in [0.1, 0.15) is 5.76 Å². The van der Waals surface area contributed by atoms with Crippen molar-refractivity contribution in [2.24, 2.45) is 10.2 Å². The molecule has 8 nitrogen and oxygen atoms in total. The molecule has 140 valence electrons. The molecule has 0 saturated carbocycles. The molecule has 2 amide bonds. The minimum absolute atomic E-state index is 0.142. The zero-order valence-corrected chi connectivity index (χ0v) is 14.7. The minimum Gasteiger partial charge on any atom is -0.493 e. The quantitative estimate of drug-likeness (QED) is 0.391. The van der Waals surface area contributed by atoms with Crippen LogP contribution in [-0.2, 0) is 16.1 Å². The maximum absolute atomic E-state index is 11.9. The van der Waals surface area contributed by atoms with Gasteiger partial charge in [-0.25, -0.2) is 0 Å². The van der Waals surface area contributed by atoms with E-state index in [9.17, 15) is 14.7 Å². The summed E-state index contributed by atoms with van der Waals surface area (Å²) in [4.78, 5) is 23.6. The number of hydrogen-bond acceptors (Lipinski definition) is 5. The molecule has 0 bridgehead atoms. The second-order valence-electron chi connectivity index (χ2n) is 5.64. The predicted octanol–water partition coefficient (Wildman–Crippen LogP) is 3.01. The van der Waals surface area contributed by atoms with Gasteiger partial charge in [0.2, 0.25) is 11.8 Å². The van der Waals surface area contributed by atoms with Gasteiger partial charge in [0.05, 0.1) is 18.3 Å². The van der Waals surface area contributed by atoms with E-state index in [-0.39, 0.29) is 24.7 Å². The number of benzene rings is 1. The number of azo groups is 1. The number of nitrogens with one attached hydrogen (secondary N) is 1. The highest BCUT2D eigenvalue weighted by Gasteiger charge is 2.16. The summed E-state index contributed by atoms with van der Waals surface area (Å²) in [6, 6.07) is 10.5. The van der Waals surface area contributed by atoms with E-state index in [1.165, 1.54) is 23.0 Å². The van der Waals surface area contributed by atoms with Crippen LogP contribution in [0.2, 0.25) is 0 Å². The Morgan fingerprint density at radius 2 is 2.11 bits per heavy atom. The number of carbonyl (C=O) groups is 2. The molecular weight excluding hydrogens is 360 g/mol. The Kier molecular flexibility index (Phi) is 5.67. The van der Waals surface area contributed by atoms with Crippen LogP contribution in [0.15, 0.2) is 63.4 Å². The van der Waals surface area contributed by atoms with Gasteiger partial charge < -0.3 is 14.8 Å². The van der Waals surface area contributed by atoms with E-state index in [4.69, 9.17) is 10.8 Å². The monoisotopic (exact) mass is 376 g/mol. The third-order valence-electron chi connectivity index (χ3n) is 3.78. The fourth-order valence-corrected chi connectivity index (χ4v) is 2.53. The maximum Gasteiger partial charge on any atom is 0.283 e. The van der Waals surface area contributed by atoms with Crippen LogP contribution in [0.3, 0.4) is 0 Å². The van der Waals surface area contributed by atoms with Crippen molar-refractivity contribution in [2.75, 3.05) is 6.54 Å². The van der Waals surface area contributed by atoms with E-state index >= 15 is 0 Å². The number of amides is 2. The fraction of sp³-hybridized carbons (Fsp3) is 0.100. The zero-order valence-electron chi connectivity index (χ0n) is 14.7. The number of furan rings is 1. The van der Waals surface area contributed by atoms with E-state index in [1.54, 1.807) is 36.4 Å². The van der Waals surface area contributed by atoms with E-state index in [0.29, 0.717) is 16.7 Å². The minimum atomic E-state index is -0.673. The molecule has 0 unspecified atom stereocenters. The molecule has 0 atom stereocenters. The summed E-state index contributed by atoms with van der Waals surface area (Å²) in [5, 5.41) is 20.8. The van der Waals surface area contributed by atoms with E-state index in [1.807, 2.05) is 0 Å². The molecule has 0 aliphatic rings. The molecule has 28 heavy (non-hydrogen) atoms. The third-order valence-corrected chi connectivity index (χ3v) is 3.78. The third kappa shape index (κ3) is 4.16. The normalized spacial score (nSPS) is 11.2. The zero-order chi connectivity index (χ0) is 19.9. The van der Waals surface area contributed by atoms with Gasteiger partial charge >= 0.3 is 0 Å². The lowest BCUT2D eigenvalue weighted by Gasteiger charge is -2.00. The standard InChI is InChI=1S/C20H16N4O4/c1-2-11-24-16-8-4-3-7-15(16)19(20(24)27)23-22-18(26)13-21-17(25)10-9-14-6-5-12-28-14/h1,3-10,12,27H,11,13H2,(H,21,25). The molecule has 0 fully saturated rings. The van der Waals surface area contributed by atoms with Gasteiger partial charge in [0.1, 0.15) is 12.3 Å². The molecule has 2 N–H and O–H groups in total. The van der Waals surface area contributed by atoms with Crippen molar-refractivity contribution in [3.05, 3.63) is 54.5 Å². The van der Waals surface area contributed by atoms with Crippen molar-refractivity contribution in [2.45, 2.75) is 6.54 Å². The number of carbonyl (C=O) groups excluding carboxylic acids is 2. The van der Waals surface area contributed by atoms with Gasteiger partial charge in [-0.3, -0.25) is 14.2 Å². The van der Waals surface area contributed by atoms with Crippen LogP contribution in [0, 0.1) is 12.3 Å². The molecule has 2 heterocycles. The van der Waals surface area contributed by atoms with Crippen LogP contribution in [-0.4, -0.2) is 28.0 Å². The first-order chi connectivity index (χ1) is 13.6. The Hall–Kier alpha value is -4.12. The molecule has 0 spiro atoms. The summed E-state index contributed by atoms with van der Waals surface area (Å²) in [6.07, 6.45) is 9.53. The highest BCUT2D eigenvalue weighted by molar-refractivity contribution is 5.96. The topological polar surface area (TPSA) is 109 Å². The number of fused-ring (bicyclic) bond motifs is 1. The van der Waals surface area contributed by atoms with Gasteiger partial charge in [0.15, 0.2) is 5.69 Å². The molecule has 0 aliphatic heterocycles. The summed E-state index contributed by atoms with van der Waals surface area (Å²) in [5.74, 6) is 1.64. The fourth-order valence-electron chi connectivity index (χ4n) is 2.53. The number of para-hydroxylation sites is 1. The van der Waals surface area contributed by atoms with Gasteiger partial charge in [-0.2, -0.15) is 0 Å². The molecule has 0 radical (unpaired) electrons. The van der Waals surface area contributed by atoms with Crippen LogP contribution in [0.5, 0.6) is 5.88 Å². The first-order valence-electron chi connectivity index (χ1n) is 8.28. The summed E-state index contributed by atoms with van der Waals surface area (Å²) >= 11 is 0. The van der Waals surface area contributed by atoms with Crippen LogP contribution < -0.4 is 5.32 Å². The lowest BCUT2D eigenvalue weighted by Crippen LogP contribution is -2.26. The van der Waals surface area contributed by atoms with E-state index in [0.717, 1.165) is 0 Å². The SMILES string of the molecule is C#CCn1c(O)c(N=NC(=O)CNC(=O)C=Cc2ccco2)c2ccccc21. The summed E-state index contributed by atoms with van der Waals surface area (Å²) < 4.78 is 6.55. The van der Waals surface area contributed by atoms with Crippen molar-refractivity contribution in [3.63, 3.8) is 0 Å². The summed E-state index contributed by atoms with van der Waals surface area (Å²) in [7, 11) is 0. The predicted molar refractivity (Wildman–Crippen MR) is 103 cm³/mol. The number of rotatable bonds is 6. The highest BCUT2D eigenvalue weighted by atomic mass is 16.3. The molecule has 3 rings (SSSR count). The number of hydrogen-bond donors (Lipinski definition) is 2. The van der Waals surface area contributed by atoms with Crippen molar-refractivity contribution in [1.29, 1.82) is 0 Å². The van der Waals surface area contributed by atoms with Crippen LogP contribution in [0.4, 0.5) is 5.69 Å². The summed E-state index contributed by atoms with van der Waals surface area (Å²) in [6.45, 7) is -0.192. The molecule has 0 aliphatic carbocycles. The molecule has 8 heteroatoms. The van der Waals surface area contributed by atoms with Crippen LogP contribution in [0.25, 0.3) is 17.0 Å². The average Bonchev–Trinajstić information content (AvgIpc) is 3.31.